The predicted molar refractivity (Wildman–Crippen MR) is 104 cm³/mol. The molecule has 0 aliphatic carbocycles. The number of para-hydroxylation sites is 1. The number of carbonyl (C=O) groups excluding carboxylic acids is 2. The molecule has 1 N–H and O–H groups in total. The van der Waals surface area contributed by atoms with Gasteiger partial charge in [0.05, 0.1) is 29.4 Å². The van der Waals surface area contributed by atoms with Crippen LogP contribution in [-0.2, 0) is 9.59 Å². The highest BCUT2D eigenvalue weighted by atomic mass is 19.1. The van der Waals surface area contributed by atoms with Crippen LogP contribution in [0.4, 0.5) is 15.8 Å². The van der Waals surface area contributed by atoms with E-state index in [-0.39, 0.29) is 35.3 Å². The number of benzene rings is 2. The number of carboxylic acids is 1. The molecule has 150 valence electrons. The van der Waals surface area contributed by atoms with E-state index in [9.17, 15) is 18.8 Å². The van der Waals surface area contributed by atoms with Crippen molar-refractivity contribution >= 4 is 29.2 Å². The van der Waals surface area contributed by atoms with Gasteiger partial charge in [-0.3, -0.25) is 14.5 Å². The van der Waals surface area contributed by atoms with Gasteiger partial charge < -0.3 is 10.0 Å². The molecule has 2 aromatic carbocycles. The smallest absolute Gasteiger partial charge is 0.335 e. The normalized spacial score (nSPS) is 20.4. The number of hydrogen-bond donors (Lipinski definition) is 1. The topological polar surface area (TPSA) is 81.2 Å². The molecule has 0 unspecified atom stereocenters. The molecule has 0 bridgehead atoms. The molecule has 2 amide bonds. The first-order valence-electron chi connectivity index (χ1n) is 9.39. The van der Waals surface area contributed by atoms with Gasteiger partial charge in [-0.15, -0.1) is 0 Å². The van der Waals surface area contributed by atoms with E-state index < -0.39 is 12.0 Å². The van der Waals surface area contributed by atoms with Crippen LogP contribution in [-0.4, -0.2) is 60.0 Å². The number of nitrogens with zero attached hydrogens (tertiary/aromatic N) is 3. The summed E-state index contributed by atoms with van der Waals surface area (Å²) >= 11 is 0. The minimum atomic E-state index is -1.12. The highest BCUT2D eigenvalue weighted by Gasteiger charge is 2.43. The van der Waals surface area contributed by atoms with E-state index in [0.717, 1.165) is 4.90 Å². The van der Waals surface area contributed by atoms with Crippen LogP contribution in [0.2, 0.25) is 0 Å². The summed E-state index contributed by atoms with van der Waals surface area (Å²) in [6.45, 7) is 2.16. The number of halogens is 1. The van der Waals surface area contributed by atoms with Gasteiger partial charge in [0.25, 0.3) is 5.91 Å². The number of carbonyl (C=O) groups is 3. The molecule has 2 heterocycles. The molecule has 2 aromatic rings. The zero-order valence-corrected chi connectivity index (χ0v) is 15.6. The van der Waals surface area contributed by atoms with Gasteiger partial charge in [0, 0.05) is 26.2 Å². The highest BCUT2D eigenvalue weighted by Crippen LogP contribution is 2.28. The Bertz CT molecular complexity index is 972. The Balaban J connectivity index is 1.47. The Morgan fingerprint density at radius 2 is 1.72 bits per heavy atom. The maximum atomic E-state index is 14.0. The molecule has 1 atom stereocenters. The van der Waals surface area contributed by atoms with Crippen LogP contribution in [0.3, 0.4) is 0 Å². The van der Waals surface area contributed by atoms with Crippen molar-refractivity contribution in [3.63, 3.8) is 0 Å². The Morgan fingerprint density at radius 3 is 2.41 bits per heavy atom. The predicted octanol–water partition coefficient (Wildman–Crippen LogP) is 1.98. The SMILES string of the molecule is O=C(O)c1cccc(N2C(=O)C[C@@H](N3CCN(c4ccccc4F)CC3)C2=O)c1. The number of anilines is 2. The van der Waals surface area contributed by atoms with Gasteiger partial charge in [0.1, 0.15) is 5.82 Å². The molecule has 2 fully saturated rings. The van der Waals surface area contributed by atoms with Crippen molar-refractivity contribution in [2.45, 2.75) is 12.5 Å². The summed E-state index contributed by atoms with van der Waals surface area (Å²) < 4.78 is 14.0. The monoisotopic (exact) mass is 397 g/mol. The number of imide groups is 1. The summed E-state index contributed by atoms with van der Waals surface area (Å²) in [6.07, 6.45) is 0.0514. The fourth-order valence-corrected chi connectivity index (χ4v) is 3.93. The lowest BCUT2D eigenvalue weighted by Crippen LogP contribution is -2.52. The van der Waals surface area contributed by atoms with E-state index in [1.807, 2.05) is 9.80 Å². The Morgan fingerprint density at radius 1 is 1.00 bits per heavy atom. The number of rotatable bonds is 4. The van der Waals surface area contributed by atoms with Crippen molar-refractivity contribution in [3.8, 4) is 0 Å². The average Bonchev–Trinajstić information content (AvgIpc) is 3.02. The molecule has 0 spiro atoms. The number of hydrogen-bond acceptors (Lipinski definition) is 5. The molecule has 29 heavy (non-hydrogen) atoms. The highest BCUT2D eigenvalue weighted by molar-refractivity contribution is 6.22. The lowest BCUT2D eigenvalue weighted by atomic mass is 10.1. The molecular weight excluding hydrogens is 377 g/mol. The lowest BCUT2D eigenvalue weighted by molar-refractivity contribution is -0.123. The van der Waals surface area contributed by atoms with Gasteiger partial charge in [-0.1, -0.05) is 18.2 Å². The van der Waals surface area contributed by atoms with Gasteiger partial charge in [0.2, 0.25) is 5.91 Å². The zero-order chi connectivity index (χ0) is 20.5. The van der Waals surface area contributed by atoms with Crippen molar-refractivity contribution in [1.29, 1.82) is 0 Å². The summed E-state index contributed by atoms with van der Waals surface area (Å²) in [5.74, 6) is -2.10. The fraction of sp³-hybridized carbons (Fsp3) is 0.286. The molecule has 7 nitrogen and oxygen atoms in total. The maximum Gasteiger partial charge on any atom is 0.335 e. The minimum absolute atomic E-state index is 0.0186. The first-order chi connectivity index (χ1) is 14.0. The van der Waals surface area contributed by atoms with E-state index >= 15 is 0 Å². The molecule has 0 aromatic heterocycles. The van der Waals surface area contributed by atoms with E-state index in [0.29, 0.717) is 31.9 Å². The summed E-state index contributed by atoms with van der Waals surface area (Å²) in [4.78, 5) is 41.6. The van der Waals surface area contributed by atoms with Gasteiger partial charge in [0.15, 0.2) is 0 Å². The first kappa shape index (κ1) is 19.1. The molecule has 4 rings (SSSR count). The lowest BCUT2D eigenvalue weighted by Gasteiger charge is -2.38. The van der Waals surface area contributed by atoms with Crippen LogP contribution in [0.15, 0.2) is 48.5 Å². The van der Waals surface area contributed by atoms with Gasteiger partial charge in [-0.05, 0) is 30.3 Å². The molecular formula is C21H20FN3O4. The van der Waals surface area contributed by atoms with Crippen molar-refractivity contribution < 1.29 is 23.9 Å². The average molecular weight is 397 g/mol. The number of carboxylic acid groups (broad SMARTS) is 1. The minimum Gasteiger partial charge on any atom is -0.478 e. The number of piperazine rings is 1. The molecule has 0 saturated carbocycles. The van der Waals surface area contributed by atoms with Crippen molar-refractivity contribution in [1.82, 2.24) is 4.90 Å². The maximum absolute atomic E-state index is 14.0. The molecule has 2 aliphatic heterocycles. The van der Waals surface area contributed by atoms with Crippen molar-refractivity contribution in [2.75, 3.05) is 36.0 Å². The molecule has 8 heteroatoms. The van der Waals surface area contributed by atoms with Crippen LogP contribution in [0, 0.1) is 5.82 Å². The van der Waals surface area contributed by atoms with Crippen LogP contribution in [0.5, 0.6) is 0 Å². The Kier molecular flexibility index (Phi) is 5.02. The summed E-state index contributed by atoms with van der Waals surface area (Å²) in [5.41, 5.74) is 0.825. The van der Waals surface area contributed by atoms with Crippen LogP contribution in [0.1, 0.15) is 16.8 Å². The second kappa shape index (κ2) is 7.63. The van der Waals surface area contributed by atoms with E-state index in [1.54, 1.807) is 24.3 Å². The third-order valence-electron chi connectivity index (χ3n) is 5.42. The molecule has 2 saturated heterocycles. The number of aromatic carboxylic acids is 1. The third-order valence-corrected chi connectivity index (χ3v) is 5.42. The quantitative estimate of drug-likeness (QED) is 0.795. The van der Waals surface area contributed by atoms with Crippen molar-refractivity contribution in [2.24, 2.45) is 0 Å². The van der Waals surface area contributed by atoms with Gasteiger partial charge >= 0.3 is 5.97 Å². The second-order valence-corrected chi connectivity index (χ2v) is 7.12. The van der Waals surface area contributed by atoms with Gasteiger partial charge in [-0.25, -0.2) is 14.1 Å². The zero-order valence-electron chi connectivity index (χ0n) is 15.6. The van der Waals surface area contributed by atoms with Crippen LogP contribution >= 0.6 is 0 Å². The largest absolute Gasteiger partial charge is 0.478 e. The fourth-order valence-electron chi connectivity index (χ4n) is 3.93. The Labute approximate surface area is 166 Å². The van der Waals surface area contributed by atoms with Crippen molar-refractivity contribution in [3.05, 3.63) is 59.9 Å². The van der Waals surface area contributed by atoms with Gasteiger partial charge in [-0.2, -0.15) is 0 Å². The van der Waals surface area contributed by atoms with E-state index in [4.69, 9.17) is 5.11 Å². The Hall–Kier alpha value is -3.26. The summed E-state index contributed by atoms with van der Waals surface area (Å²) in [6, 6.07) is 11.8. The standard InChI is InChI=1S/C21H20FN3O4/c22-16-6-1-2-7-17(16)23-8-10-24(11-9-23)18-13-19(26)25(20(18)27)15-5-3-4-14(12-15)21(28)29/h1-7,12,18H,8-11,13H2,(H,28,29)/t18-/m1/s1. The summed E-state index contributed by atoms with van der Waals surface area (Å²) in [5, 5.41) is 9.15. The molecule has 0 radical (unpaired) electrons. The van der Waals surface area contributed by atoms with E-state index in [1.165, 1.54) is 24.3 Å². The van der Waals surface area contributed by atoms with E-state index in [2.05, 4.69) is 0 Å². The van der Waals surface area contributed by atoms with Crippen LogP contribution in [0.25, 0.3) is 0 Å². The van der Waals surface area contributed by atoms with Crippen LogP contribution < -0.4 is 9.80 Å². The second-order valence-electron chi connectivity index (χ2n) is 7.12. The number of amides is 2. The first-order valence-corrected chi connectivity index (χ1v) is 9.39. The molecule has 2 aliphatic rings. The third kappa shape index (κ3) is 3.58. The summed E-state index contributed by atoms with van der Waals surface area (Å²) in [7, 11) is 0.